The average molecular weight is 746 g/mol. The van der Waals surface area contributed by atoms with Crippen LogP contribution < -0.4 is 25.4 Å². The van der Waals surface area contributed by atoms with Crippen LogP contribution in [0.1, 0.15) is 65.0 Å². The normalized spacial score (nSPS) is 12.4. The van der Waals surface area contributed by atoms with Crippen LogP contribution in [0, 0.1) is 5.41 Å². The first-order valence-electron chi connectivity index (χ1n) is 19.8. The van der Waals surface area contributed by atoms with Crippen LogP contribution >= 0.6 is 7.26 Å². The summed E-state index contributed by atoms with van der Waals surface area (Å²) in [6, 6.07) is 50.7. The van der Waals surface area contributed by atoms with Gasteiger partial charge in [0, 0.05) is 5.56 Å². The molecule has 0 radical (unpaired) electrons. The van der Waals surface area contributed by atoms with E-state index in [4.69, 9.17) is 14.2 Å². The second kappa shape index (κ2) is 19.1. The summed E-state index contributed by atoms with van der Waals surface area (Å²) in [6.45, 7) is 16.0. The highest BCUT2D eigenvalue weighted by Crippen LogP contribution is 2.56. The molecule has 0 unspecified atom stereocenters. The summed E-state index contributed by atoms with van der Waals surface area (Å²) in [5.74, 6) is 1.83. The highest BCUT2D eigenvalue weighted by Gasteiger charge is 2.44. The lowest BCUT2D eigenvalue weighted by Crippen LogP contribution is -2.41. The van der Waals surface area contributed by atoms with Gasteiger partial charge in [-0.15, -0.1) is 0 Å². The van der Waals surface area contributed by atoms with Crippen LogP contribution in [-0.4, -0.2) is 57.7 Å². The predicted octanol–water partition coefficient (Wildman–Crippen LogP) is 10.2. The molecule has 4 nitrogen and oxygen atoms in total. The Bertz CT molecular complexity index is 1700. The van der Waals surface area contributed by atoms with Gasteiger partial charge < -0.3 is 18.7 Å². The second-order valence-electron chi connectivity index (χ2n) is 17.2. The first-order chi connectivity index (χ1) is 25.9. The monoisotopic (exact) mass is 745 g/mol. The number of ether oxygens (including phenoxy) is 3. The molecule has 0 saturated carbocycles. The minimum atomic E-state index is -1.80. The highest BCUT2D eigenvalue weighted by molar-refractivity contribution is 7.95. The van der Waals surface area contributed by atoms with Crippen molar-refractivity contribution in [2.24, 2.45) is 5.41 Å². The van der Waals surface area contributed by atoms with Gasteiger partial charge in [-0.25, -0.2) is 0 Å². The minimum Gasteiger partial charge on any atom is -0.494 e. The van der Waals surface area contributed by atoms with Crippen LogP contribution in [0.5, 0.6) is 11.5 Å². The first kappa shape index (κ1) is 41.2. The van der Waals surface area contributed by atoms with Crippen LogP contribution in [0.2, 0.25) is 0 Å². The SMILES string of the molecule is CC(C)(C)CC(C)(C)c1ccc(OCCOCC[N+](C)(C)Cc2ccc(OCCCC[P+](c3ccccc3)(c3ccccc3)c3ccccc3)cc2)cc1. The maximum Gasteiger partial charge on any atom is 0.119 e. The standard InChI is InChI=1S/C49H64NO3P/c1-48(2,3)40-49(4,5)42-27-31-44(32-28-42)53-37-36-51-35-33-50(6,7)39-41-25-29-43(30-26-41)52-34-17-18-38-54(45-19-11-8-12-20-45,46-21-13-9-14-22-46)47-23-15-10-16-24-47/h8-16,19-32H,17-18,33-40H2,1-7H3/q+2. The first-order valence-corrected chi connectivity index (χ1v) is 21.7. The van der Waals surface area contributed by atoms with Gasteiger partial charge >= 0.3 is 0 Å². The number of hydrogen-bond acceptors (Lipinski definition) is 3. The van der Waals surface area contributed by atoms with Crippen molar-refractivity contribution in [1.29, 1.82) is 0 Å². The molecule has 0 N–H and O–H groups in total. The molecule has 5 aromatic rings. The number of quaternary nitrogens is 1. The second-order valence-corrected chi connectivity index (χ2v) is 20.8. The number of unbranched alkanes of at least 4 members (excludes halogenated alkanes) is 1. The van der Waals surface area contributed by atoms with Crippen LogP contribution in [0.15, 0.2) is 140 Å². The molecule has 0 spiro atoms. The Balaban J connectivity index is 1.03. The molecule has 5 heteroatoms. The molecule has 0 saturated heterocycles. The molecule has 5 rings (SSSR count). The molecular formula is C49H64NO3P+2. The van der Waals surface area contributed by atoms with Crippen LogP contribution in [0.4, 0.5) is 0 Å². The molecule has 0 amide bonds. The van der Waals surface area contributed by atoms with E-state index in [1.165, 1.54) is 27.0 Å². The summed E-state index contributed by atoms with van der Waals surface area (Å²) in [6.07, 6.45) is 4.34. The quantitative estimate of drug-likeness (QED) is 0.0451. The maximum atomic E-state index is 6.27. The summed E-state index contributed by atoms with van der Waals surface area (Å²) in [5.41, 5.74) is 3.07. The molecule has 0 aliphatic carbocycles. The topological polar surface area (TPSA) is 27.7 Å². The zero-order chi connectivity index (χ0) is 38.5. The van der Waals surface area contributed by atoms with Crippen molar-refractivity contribution in [1.82, 2.24) is 0 Å². The number of likely N-dealkylation sites (N-methyl/N-ethyl adjacent to an activating group) is 1. The fourth-order valence-corrected chi connectivity index (χ4v) is 12.3. The third-order valence-corrected chi connectivity index (χ3v) is 14.8. The van der Waals surface area contributed by atoms with E-state index in [2.05, 4.69) is 188 Å². The molecule has 0 heterocycles. The molecule has 0 aromatic heterocycles. The van der Waals surface area contributed by atoms with E-state index in [1.807, 2.05) is 0 Å². The van der Waals surface area contributed by atoms with E-state index in [1.54, 1.807) is 0 Å². The number of rotatable bonds is 20. The van der Waals surface area contributed by atoms with Crippen molar-refractivity contribution in [2.45, 2.75) is 65.8 Å². The van der Waals surface area contributed by atoms with E-state index in [-0.39, 0.29) is 10.8 Å². The molecule has 0 atom stereocenters. The van der Waals surface area contributed by atoms with Gasteiger partial charge in [0.2, 0.25) is 0 Å². The zero-order valence-corrected chi connectivity index (χ0v) is 34.9. The fraction of sp³-hybridized carbons (Fsp3) is 0.388. The Morgan fingerprint density at radius 3 is 1.50 bits per heavy atom. The van der Waals surface area contributed by atoms with Gasteiger partial charge in [0.15, 0.2) is 0 Å². The smallest absolute Gasteiger partial charge is 0.119 e. The maximum absolute atomic E-state index is 6.27. The van der Waals surface area contributed by atoms with Crippen LogP contribution in [0.25, 0.3) is 0 Å². The lowest BCUT2D eigenvalue weighted by Gasteiger charge is -2.33. The molecule has 286 valence electrons. The summed E-state index contributed by atoms with van der Waals surface area (Å²) >= 11 is 0. The summed E-state index contributed by atoms with van der Waals surface area (Å²) < 4.78 is 19.1. The predicted molar refractivity (Wildman–Crippen MR) is 232 cm³/mol. The van der Waals surface area contributed by atoms with Gasteiger partial charge in [0.25, 0.3) is 0 Å². The van der Waals surface area contributed by atoms with Gasteiger partial charge in [-0.05, 0) is 108 Å². The van der Waals surface area contributed by atoms with E-state index in [0.717, 1.165) is 54.5 Å². The van der Waals surface area contributed by atoms with Gasteiger partial charge in [0.05, 0.1) is 40.1 Å². The van der Waals surface area contributed by atoms with Crippen LogP contribution in [0.3, 0.4) is 0 Å². The van der Waals surface area contributed by atoms with Gasteiger partial charge in [-0.2, -0.15) is 0 Å². The van der Waals surface area contributed by atoms with Crippen molar-refractivity contribution in [2.75, 3.05) is 53.2 Å². The molecule has 0 aliphatic rings. The third kappa shape index (κ3) is 12.0. The molecule has 54 heavy (non-hydrogen) atoms. The average Bonchev–Trinajstić information content (AvgIpc) is 3.15. The Hall–Kier alpha value is -3.95. The number of nitrogens with zero attached hydrogens (tertiary/aromatic N) is 1. The van der Waals surface area contributed by atoms with Crippen LogP contribution in [-0.2, 0) is 16.7 Å². The van der Waals surface area contributed by atoms with Crippen molar-refractivity contribution in [3.63, 3.8) is 0 Å². The molecule has 0 aliphatic heterocycles. The summed E-state index contributed by atoms with van der Waals surface area (Å²) in [4.78, 5) is 0. The van der Waals surface area contributed by atoms with Gasteiger partial charge in [0.1, 0.15) is 54.4 Å². The fourth-order valence-electron chi connectivity index (χ4n) is 7.85. The Morgan fingerprint density at radius 1 is 0.519 bits per heavy atom. The van der Waals surface area contributed by atoms with Crippen molar-refractivity contribution < 1.29 is 18.7 Å². The molecular weight excluding hydrogens is 682 g/mol. The Morgan fingerprint density at radius 2 is 1.00 bits per heavy atom. The third-order valence-electron chi connectivity index (χ3n) is 10.2. The van der Waals surface area contributed by atoms with Crippen molar-refractivity contribution in [3.05, 3.63) is 151 Å². The van der Waals surface area contributed by atoms with Gasteiger partial charge in [-0.1, -0.05) is 101 Å². The van der Waals surface area contributed by atoms with Crippen molar-refractivity contribution >= 4 is 23.2 Å². The molecule has 0 fully saturated rings. The number of hydrogen-bond donors (Lipinski definition) is 0. The van der Waals surface area contributed by atoms with E-state index in [9.17, 15) is 0 Å². The summed E-state index contributed by atoms with van der Waals surface area (Å²) in [7, 11) is 2.72. The minimum absolute atomic E-state index is 0.131. The van der Waals surface area contributed by atoms with E-state index < -0.39 is 7.26 Å². The number of benzene rings is 5. The Labute approximate surface area is 327 Å². The lowest BCUT2D eigenvalue weighted by atomic mass is 9.72. The van der Waals surface area contributed by atoms with Gasteiger partial charge in [-0.3, -0.25) is 0 Å². The molecule has 5 aromatic carbocycles. The van der Waals surface area contributed by atoms with Crippen molar-refractivity contribution in [3.8, 4) is 11.5 Å². The zero-order valence-electron chi connectivity index (χ0n) is 34.0. The largest absolute Gasteiger partial charge is 0.494 e. The Kier molecular flexibility index (Phi) is 14.6. The lowest BCUT2D eigenvalue weighted by molar-refractivity contribution is -0.904. The highest BCUT2D eigenvalue weighted by atomic mass is 31.2. The summed E-state index contributed by atoms with van der Waals surface area (Å²) in [5, 5.41) is 4.32. The van der Waals surface area contributed by atoms with E-state index >= 15 is 0 Å². The molecule has 0 bridgehead atoms. The van der Waals surface area contributed by atoms with E-state index in [0.29, 0.717) is 26.4 Å².